The molecular formula is C13H14O3S2. The Morgan fingerprint density at radius 2 is 1.72 bits per heavy atom. The Morgan fingerprint density at radius 1 is 1.22 bits per heavy atom. The highest BCUT2D eigenvalue weighted by Gasteiger charge is 2.38. The van der Waals surface area contributed by atoms with E-state index in [1.54, 1.807) is 0 Å². The van der Waals surface area contributed by atoms with Crippen LogP contribution in [-0.2, 0) is 22.4 Å². The van der Waals surface area contributed by atoms with E-state index < -0.39 is 11.6 Å². The number of esters is 1. The molecule has 0 bridgehead atoms. The number of hydrogen-bond donors (Lipinski definition) is 1. The van der Waals surface area contributed by atoms with Crippen molar-refractivity contribution < 1.29 is 14.6 Å². The standard InChI is InChI=1S/C13H14O3S2/c1-16-12(14)13(15,8-10-4-2-6-17-10)9-11-5-3-7-18-11/h2-7,15H,8-9H2,1H3. The first-order valence-corrected chi connectivity index (χ1v) is 7.25. The molecule has 2 aromatic rings. The Balaban J connectivity index is 2.20. The fourth-order valence-corrected chi connectivity index (χ4v) is 3.42. The van der Waals surface area contributed by atoms with Gasteiger partial charge in [0.15, 0.2) is 5.60 Å². The second-order valence-electron chi connectivity index (χ2n) is 4.04. The van der Waals surface area contributed by atoms with Crippen LogP contribution in [0.2, 0.25) is 0 Å². The van der Waals surface area contributed by atoms with E-state index in [-0.39, 0.29) is 12.8 Å². The van der Waals surface area contributed by atoms with E-state index in [2.05, 4.69) is 0 Å². The van der Waals surface area contributed by atoms with Crippen LogP contribution in [0.4, 0.5) is 0 Å². The van der Waals surface area contributed by atoms with Crippen LogP contribution in [0.25, 0.3) is 0 Å². The molecule has 0 aliphatic carbocycles. The van der Waals surface area contributed by atoms with Crippen LogP contribution in [0.3, 0.4) is 0 Å². The third kappa shape index (κ3) is 2.98. The summed E-state index contributed by atoms with van der Waals surface area (Å²) in [6, 6.07) is 7.63. The van der Waals surface area contributed by atoms with Crippen LogP contribution in [0.15, 0.2) is 35.0 Å². The van der Waals surface area contributed by atoms with Crippen molar-refractivity contribution in [3.8, 4) is 0 Å². The molecular weight excluding hydrogens is 268 g/mol. The Hall–Kier alpha value is -1.17. The predicted molar refractivity (Wildman–Crippen MR) is 73.0 cm³/mol. The minimum absolute atomic E-state index is 0.287. The van der Waals surface area contributed by atoms with Crippen LogP contribution in [0.5, 0.6) is 0 Å². The molecule has 1 N–H and O–H groups in total. The number of thiophene rings is 2. The van der Waals surface area contributed by atoms with E-state index in [1.165, 1.54) is 29.8 Å². The Bertz CT molecular complexity index is 452. The Morgan fingerprint density at radius 3 is 2.06 bits per heavy atom. The molecule has 0 fully saturated rings. The van der Waals surface area contributed by atoms with Gasteiger partial charge in [-0.1, -0.05) is 12.1 Å². The fourth-order valence-electron chi connectivity index (χ4n) is 1.80. The SMILES string of the molecule is COC(=O)C(O)(Cc1cccs1)Cc1cccs1. The molecule has 0 atom stereocenters. The second kappa shape index (κ2) is 5.65. The van der Waals surface area contributed by atoms with Gasteiger partial charge >= 0.3 is 5.97 Å². The maximum Gasteiger partial charge on any atom is 0.338 e. The van der Waals surface area contributed by atoms with Crippen molar-refractivity contribution in [3.05, 3.63) is 44.8 Å². The zero-order valence-electron chi connectivity index (χ0n) is 9.96. The average molecular weight is 282 g/mol. The van der Waals surface area contributed by atoms with E-state index in [0.29, 0.717) is 0 Å². The van der Waals surface area contributed by atoms with Crippen molar-refractivity contribution in [2.75, 3.05) is 7.11 Å². The maximum absolute atomic E-state index is 11.8. The largest absolute Gasteiger partial charge is 0.467 e. The van der Waals surface area contributed by atoms with Gasteiger partial charge in [0.05, 0.1) is 7.11 Å². The summed E-state index contributed by atoms with van der Waals surface area (Å²) >= 11 is 3.05. The summed E-state index contributed by atoms with van der Waals surface area (Å²) in [6.07, 6.45) is 0.574. The van der Waals surface area contributed by atoms with Gasteiger partial charge in [0.2, 0.25) is 0 Å². The Kier molecular flexibility index (Phi) is 4.16. The van der Waals surface area contributed by atoms with Gasteiger partial charge in [0, 0.05) is 22.6 Å². The summed E-state index contributed by atoms with van der Waals surface area (Å²) in [7, 11) is 1.30. The number of ether oxygens (including phenoxy) is 1. The first-order valence-electron chi connectivity index (χ1n) is 5.49. The summed E-state index contributed by atoms with van der Waals surface area (Å²) in [5, 5.41) is 14.4. The molecule has 0 saturated carbocycles. The molecule has 2 aromatic heterocycles. The normalized spacial score (nSPS) is 11.4. The fraction of sp³-hybridized carbons (Fsp3) is 0.308. The zero-order chi connectivity index (χ0) is 13.0. The van der Waals surface area contributed by atoms with Crippen molar-refractivity contribution >= 4 is 28.6 Å². The van der Waals surface area contributed by atoms with Crippen LogP contribution in [-0.4, -0.2) is 23.8 Å². The lowest BCUT2D eigenvalue weighted by Crippen LogP contribution is -2.43. The monoisotopic (exact) mass is 282 g/mol. The van der Waals surface area contributed by atoms with Gasteiger partial charge in [-0.05, 0) is 22.9 Å². The van der Waals surface area contributed by atoms with Gasteiger partial charge in [0.25, 0.3) is 0 Å². The van der Waals surface area contributed by atoms with E-state index in [4.69, 9.17) is 4.74 Å². The average Bonchev–Trinajstić information content (AvgIpc) is 3.01. The molecule has 2 heterocycles. The molecule has 0 saturated heterocycles. The van der Waals surface area contributed by atoms with Gasteiger partial charge in [0.1, 0.15) is 0 Å². The van der Waals surface area contributed by atoms with Gasteiger partial charge in [-0.3, -0.25) is 0 Å². The minimum atomic E-state index is -1.48. The van der Waals surface area contributed by atoms with Crippen molar-refractivity contribution in [2.24, 2.45) is 0 Å². The predicted octanol–water partition coefficient (Wildman–Crippen LogP) is 2.50. The molecule has 96 valence electrons. The number of hydrogen-bond acceptors (Lipinski definition) is 5. The van der Waals surface area contributed by atoms with Crippen molar-refractivity contribution in [3.63, 3.8) is 0 Å². The minimum Gasteiger partial charge on any atom is -0.467 e. The molecule has 0 radical (unpaired) electrons. The van der Waals surface area contributed by atoms with Crippen LogP contribution >= 0.6 is 22.7 Å². The van der Waals surface area contributed by atoms with Gasteiger partial charge < -0.3 is 9.84 Å². The lowest BCUT2D eigenvalue weighted by molar-refractivity contribution is -0.162. The highest BCUT2D eigenvalue weighted by atomic mass is 32.1. The van der Waals surface area contributed by atoms with Gasteiger partial charge in [-0.15, -0.1) is 22.7 Å². The lowest BCUT2D eigenvalue weighted by atomic mass is 9.94. The number of rotatable bonds is 5. The summed E-state index contributed by atoms with van der Waals surface area (Å²) in [4.78, 5) is 13.8. The smallest absolute Gasteiger partial charge is 0.338 e. The van der Waals surface area contributed by atoms with E-state index in [0.717, 1.165) is 9.75 Å². The number of methoxy groups -OCH3 is 1. The third-order valence-electron chi connectivity index (χ3n) is 2.66. The van der Waals surface area contributed by atoms with Gasteiger partial charge in [-0.25, -0.2) is 4.79 Å². The van der Waals surface area contributed by atoms with Gasteiger partial charge in [-0.2, -0.15) is 0 Å². The molecule has 0 aliphatic rings. The topological polar surface area (TPSA) is 46.5 Å². The van der Waals surface area contributed by atoms with Crippen molar-refractivity contribution in [1.82, 2.24) is 0 Å². The quantitative estimate of drug-likeness (QED) is 0.857. The van der Waals surface area contributed by atoms with Crippen LogP contribution in [0.1, 0.15) is 9.75 Å². The molecule has 0 amide bonds. The van der Waals surface area contributed by atoms with Crippen molar-refractivity contribution in [1.29, 1.82) is 0 Å². The highest BCUT2D eigenvalue weighted by Crippen LogP contribution is 2.25. The van der Waals surface area contributed by atoms with Crippen molar-refractivity contribution in [2.45, 2.75) is 18.4 Å². The second-order valence-corrected chi connectivity index (χ2v) is 6.10. The van der Waals surface area contributed by atoms with Crippen LogP contribution in [0, 0.1) is 0 Å². The maximum atomic E-state index is 11.8. The molecule has 18 heavy (non-hydrogen) atoms. The highest BCUT2D eigenvalue weighted by molar-refractivity contribution is 7.10. The summed E-state index contributed by atoms with van der Waals surface area (Å²) < 4.78 is 4.73. The molecule has 5 heteroatoms. The van der Waals surface area contributed by atoms with E-state index in [9.17, 15) is 9.90 Å². The molecule has 0 aromatic carbocycles. The number of carbonyl (C=O) groups excluding carboxylic acids is 1. The number of aliphatic hydroxyl groups is 1. The summed E-state index contributed by atoms with van der Waals surface area (Å²) in [5.74, 6) is -0.579. The van der Waals surface area contributed by atoms with E-state index in [1.807, 2.05) is 35.0 Å². The summed E-state index contributed by atoms with van der Waals surface area (Å²) in [5.41, 5.74) is -1.48. The molecule has 0 unspecified atom stereocenters. The van der Waals surface area contributed by atoms with E-state index >= 15 is 0 Å². The first-order chi connectivity index (χ1) is 8.64. The Labute approximate surface area is 114 Å². The zero-order valence-corrected chi connectivity index (χ0v) is 11.6. The molecule has 3 nitrogen and oxygen atoms in total. The number of carbonyl (C=O) groups is 1. The molecule has 0 spiro atoms. The molecule has 0 aliphatic heterocycles. The van der Waals surface area contributed by atoms with Crippen LogP contribution < -0.4 is 0 Å². The summed E-state index contributed by atoms with van der Waals surface area (Å²) in [6.45, 7) is 0. The first kappa shape index (κ1) is 13.3. The third-order valence-corrected chi connectivity index (χ3v) is 4.41. The lowest BCUT2D eigenvalue weighted by Gasteiger charge is -2.24. The molecule has 2 rings (SSSR count).